The van der Waals surface area contributed by atoms with Gasteiger partial charge in [-0.3, -0.25) is 9.13 Å². The van der Waals surface area contributed by atoms with E-state index in [0.717, 1.165) is 61.0 Å². The molecule has 0 atom stereocenters. The Morgan fingerprint density at radius 1 is 1.00 bits per heavy atom. The van der Waals surface area contributed by atoms with Crippen LogP contribution in [0.3, 0.4) is 0 Å². The van der Waals surface area contributed by atoms with Crippen LogP contribution in [0.4, 0.5) is 0 Å². The van der Waals surface area contributed by atoms with Crippen molar-refractivity contribution in [1.82, 2.24) is 24.0 Å². The van der Waals surface area contributed by atoms with Gasteiger partial charge in [0.1, 0.15) is 0 Å². The summed E-state index contributed by atoms with van der Waals surface area (Å²) in [7, 11) is 0. The number of aromatic amines is 2. The fraction of sp³-hybridized carbons (Fsp3) is 0.364. The Morgan fingerprint density at radius 2 is 1.68 bits per heavy atom. The van der Waals surface area contributed by atoms with Crippen molar-refractivity contribution < 1.29 is 10.3 Å². The molecule has 0 spiro atoms. The number of halogens is 1. The van der Waals surface area contributed by atoms with Gasteiger partial charge < -0.3 is 20.1 Å². The van der Waals surface area contributed by atoms with E-state index in [0.29, 0.717) is 11.6 Å². The van der Waals surface area contributed by atoms with E-state index in [1.54, 1.807) is 6.07 Å². The van der Waals surface area contributed by atoms with Gasteiger partial charge in [0.15, 0.2) is 0 Å². The van der Waals surface area contributed by atoms with E-state index in [1.165, 1.54) is 0 Å². The monoisotopic (exact) mass is 488 g/mol. The highest BCUT2D eigenvalue weighted by atomic mass is 35.5. The first kappa shape index (κ1) is 23.6. The third kappa shape index (κ3) is 5.15. The SMILES string of the molecule is O=[N+]([O-])O.O=c1[nH]c2ccccc2n1CCCN1CCC(n2c(=O)[nH]c3cc(Cl)ccc32)CC1. The van der Waals surface area contributed by atoms with E-state index in [4.69, 9.17) is 26.9 Å². The van der Waals surface area contributed by atoms with Crippen LogP contribution in [-0.2, 0) is 6.54 Å². The third-order valence-electron chi connectivity index (χ3n) is 6.14. The lowest BCUT2D eigenvalue weighted by molar-refractivity contribution is -0.742. The van der Waals surface area contributed by atoms with Gasteiger partial charge in [-0.2, -0.15) is 0 Å². The number of piperidine rings is 1. The van der Waals surface area contributed by atoms with Crippen LogP contribution in [0, 0.1) is 10.1 Å². The highest BCUT2D eigenvalue weighted by molar-refractivity contribution is 6.31. The molecule has 4 aromatic rings. The van der Waals surface area contributed by atoms with Crippen LogP contribution in [0.1, 0.15) is 25.3 Å². The van der Waals surface area contributed by atoms with Crippen molar-refractivity contribution in [3.05, 3.63) is 78.6 Å². The molecule has 12 heteroatoms. The van der Waals surface area contributed by atoms with Gasteiger partial charge in [0, 0.05) is 30.7 Å². The Labute approximate surface area is 198 Å². The summed E-state index contributed by atoms with van der Waals surface area (Å²) < 4.78 is 3.70. The number of benzene rings is 2. The summed E-state index contributed by atoms with van der Waals surface area (Å²) in [6.07, 6.45) is 2.78. The summed E-state index contributed by atoms with van der Waals surface area (Å²) in [5.41, 5.74) is 3.44. The number of H-pyrrole nitrogens is 2. The molecule has 0 bridgehead atoms. The number of hydrogen-bond donors (Lipinski definition) is 3. The van der Waals surface area contributed by atoms with Crippen molar-refractivity contribution in [3.63, 3.8) is 0 Å². The summed E-state index contributed by atoms with van der Waals surface area (Å²) in [6, 6.07) is 13.5. The second-order valence-corrected chi connectivity index (χ2v) is 8.66. The molecular weight excluding hydrogens is 464 g/mol. The largest absolute Gasteiger partial charge is 0.328 e. The minimum absolute atomic E-state index is 0.0475. The Morgan fingerprint density at radius 3 is 2.41 bits per heavy atom. The molecule has 0 unspecified atom stereocenters. The van der Waals surface area contributed by atoms with Crippen LogP contribution >= 0.6 is 11.6 Å². The van der Waals surface area contributed by atoms with E-state index in [9.17, 15) is 9.59 Å². The summed E-state index contributed by atoms with van der Waals surface area (Å²) in [6.45, 7) is 3.53. The maximum absolute atomic E-state index is 12.5. The number of nitrogens with zero attached hydrogens (tertiary/aromatic N) is 4. The first-order chi connectivity index (χ1) is 16.3. The molecule has 34 heavy (non-hydrogen) atoms. The molecule has 3 heterocycles. The molecule has 5 rings (SSSR count). The Balaban J connectivity index is 0.000000636. The van der Waals surface area contributed by atoms with Gasteiger partial charge in [-0.05, 0) is 56.1 Å². The van der Waals surface area contributed by atoms with Gasteiger partial charge in [-0.25, -0.2) is 9.59 Å². The number of imidazole rings is 2. The zero-order chi connectivity index (χ0) is 24.2. The van der Waals surface area contributed by atoms with E-state index < -0.39 is 5.09 Å². The average Bonchev–Trinajstić information content (AvgIpc) is 3.29. The molecule has 180 valence electrons. The number of rotatable bonds is 5. The van der Waals surface area contributed by atoms with Crippen molar-refractivity contribution in [2.75, 3.05) is 19.6 Å². The molecule has 3 N–H and O–H groups in total. The summed E-state index contributed by atoms with van der Waals surface area (Å²) >= 11 is 6.05. The maximum atomic E-state index is 12.5. The van der Waals surface area contributed by atoms with E-state index in [-0.39, 0.29) is 17.4 Å². The molecule has 1 fully saturated rings. The first-order valence-corrected chi connectivity index (χ1v) is 11.3. The van der Waals surface area contributed by atoms with Crippen molar-refractivity contribution in [2.45, 2.75) is 31.8 Å². The highest BCUT2D eigenvalue weighted by Crippen LogP contribution is 2.26. The maximum Gasteiger partial charge on any atom is 0.326 e. The standard InChI is InChI=1S/C22H24ClN5O2.HNO3/c23-15-6-7-20-18(14-15)25-22(30)28(20)16-8-12-26(13-9-16)10-3-11-27-19-5-2-1-4-17(19)24-21(27)29;2-1(3)4/h1-2,4-7,14,16H,3,8-13H2,(H,24,29)(H,25,30);(H,2,3,4). The van der Waals surface area contributed by atoms with Gasteiger partial charge in [-0.1, -0.05) is 23.7 Å². The van der Waals surface area contributed by atoms with Gasteiger partial charge in [0.05, 0.1) is 22.1 Å². The second-order valence-electron chi connectivity index (χ2n) is 8.22. The van der Waals surface area contributed by atoms with Crippen LogP contribution in [0.2, 0.25) is 5.02 Å². The predicted molar refractivity (Wildman–Crippen MR) is 128 cm³/mol. The lowest BCUT2D eigenvalue weighted by Gasteiger charge is -2.32. The van der Waals surface area contributed by atoms with Gasteiger partial charge >= 0.3 is 11.4 Å². The number of hydrogen-bond acceptors (Lipinski definition) is 5. The molecule has 1 saturated heterocycles. The molecule has 0 saturated carbocycles. The minimum Gasteiger partial charge on any atom is -0.328 e. The Hall–Kier alpha value is -3.57. The molecule has 11 nitrogen and oxygen atoms in total. The van der Waals surface area contributed by atoms with Crippen molar-refractivity contribution in [3.8, 4) is 0 Å². The summed E-state index contributed by atoms with van der Waals surface area (Å²) in [4.78, 5) is 41.3. The van der Waals surface area contributed by atoms with Crippen LogP contribution in [0.25, 0.3) is 22.1 Å². The lowest BCUT2D eigenvalue weighted by Crippen LogP contribution is -2.37. The van der Waals surface area contributed by atoms with Crippen LogP contribution in [-0.4, -0.2) is 53.9 Å². The normalized spacial score (nSPS) is 14.9. The fourth-order valence-corrected chi connectivity index (χ4v) is 4.82. The van der Waals surface area contributed by atoms with E-state index >= 15 is 0 Å². The zero-order valence-corrected chi connectivity index (χ0v) is 19.1. The van der Waals surface area contributed by atoms with Gasteiger partial charge in [0.25, 0.3) is 5.09 Å². The summed E-state index contributed by atoms with van der Waals surface area (Å²) in [5.74, 6) is 0. The van der Waals surface area contributed by atoms with Crippen LogP contribution < -0.4 is 11.4 Å². The van der Waals surface area contributed by atoms with Gasteiger partial charge in [-0.15, -0.1) is 10.1 Å². The number of aryl methyl sites for hydroxylation is 1. The van der Waals surface area contributed by atoms with E-state index in [2.05, 4.69) is 14.9 Å². The molecule has 1 aliphatic heterocycles. The minimum atomic E-state index is -1.50. The number of para-hydroxylation sites is 2. The number of fused-ring (bicyclic) bond motifs is 2. The van der Waals surface area contributed by atoms with Crippen LogP contribution in [0.15, 0.2) is 52.1 Å². The third-order valence-corrected chi connectivity index (χ3v) is 6.37. The van der Waals surface area contributed by atoms with Gasteiger partial charge in [0.2, 0.25) is 0 Å². The molecule has 0 amide bonds. The number of aromatic nitrogens is 4. The van der Waals surface area contributed by atoms with E-state index in [1.807, 2.05) is 45.5 Å². The number of likely N-dealkylation sites (tertiary alicyclic amines) is 1. The lowest BCUT2D eigenvalue weighted by atomic mass is 10.0. The molecule has 2 aromatic carbocycles. The molecular formula is C22H25ClN6O5. The zero-order valence-electron chi connectivity index (χ0n) is 18.3. The molecule has 0 radical (unpaired) electrons. The fourth-order valence-electron chi connectivity index (χ4n) is 4.65. The Bertz CT molecular complexity index is 1410. The quantitative estimate of drug-likeness (QED) is 0.291. The molecule has 1 aliphatic rings. The Kier molecular flexibility index (Phi) is 7.03. The topological polar surface area (TPSA) is 142 Å². The smallest absolute Gasteiger partial charge is 0.326 e. The van der Waals surface area contributed by atoms with Crippen molar-refractivity contribution in [1.29, 1.82) is 0 Å². The molecule has 0 aliphatic carbocycles. The predicted octanol–water partition coefficient (Wildman–Crippen LogP) is 3.01. The second kappa shape index (κ2) is 10.1. The highest BCUT2D eigenvalue weighted by Gasteiger charge is 2.23. The van der Waals surface area contributed by atoms with Crippen molar-refractivity contribution in [2.24, 2.45) is 0 Å². The first-order valence-electron chi connectivity index (χ1n) is 11.0. The van der Waals surface area contributed by atoms with Crippen LogP contribution in [0.5, 0.6) is 0 Å². The summed E-state index contributed by atoms with van der Waals surface area (Å²) in [5, 5.41) is 14.3. The molecule has 2 aromatic heterocycles. The van der Waals surface area contributed by atoms with Crippen molar-refractivity contribution >= 4 is 33.7 Å². The average molecular weight is 489 g/mol. The number of nitrogens with one attached hydrogen (secondary N) is 2.